The van der Waals surface area contributed by atoms with Gasteiger partial charge in [0.1, 0.15) is 6.61 Å². The number of hydrogen-bond acceptors (Lipinski definition) is 5. The van der Waals surface area contributed by atoms with Gasteiger partial charge in [0.2, 0.25) is 5.88 Å². The van der Waals surface area contributed by atoms with Crippen molar-refractivity contribution in [1.82, 2.24) is 29.7 Å². The summed E-state index contributed by atoms with van der Waals surface area (Å²) >= 11 is 0. The van der Waals surface area contributed by atoms with E-state index in [1.807, 2.05) is 26.2 Å². The third kappa shape index (κ3) is 2.46. The number of rotatable bonds is 6. The van der Waals surface area contributed by atoms with Crippen LogP contribution in [-0.2, 0) is 7.05 Å². The maximum absolute atomic E-state index is 5.81. The molecule has 0 amide bonds. The van der Waals surface area contributed by atoms with Crippen molar-refractivity contribution in [3.8, 4) is 17.1 Å². The number of imidazole rings is 1. The molecule has 0 aliphatic rings. The summed E-state index contributed by atoms with van der Waals surface area (Å²) < 4.78 is 9.27. The highest BCUT2D eigenvalue weighted by Crippen LogP contribution is 2.28. The molecule has 3 heterocycles. The van der Waals surface area contributed by atoms with Gasteiger partial charge in [0, 0.05) is 13.6 Å². The molecule has 0 saturated carbocycles. The quantitative estimate of drug-likeness (QED) is 0.696. The van der Waals surface area contributed by atoms with E-state index < -0.39 is 0 Å². The molecule has 0 bridgehead atoms. The second kappa shape index (κ2) is 5.98. The summed E-state index contributed by atoms with van der Waals surface area (Å²) in [5.74, 6) is 0.697. The normalized spacial score (nSPS) is 11.0. The Morgan fingerprint density at radius 1 is 1.36 bits per heavy atom. The first-order valence-electron chi connectivity index (χ1n) is 7.01. The SMILES string of the molecule is C=Cc1cnc2ccc(-c3cnn(C)c3OCCNC)nn12. The van der Waals surface area contributed by atoms with Crippen LogP contribution in [0, 0.1) is 0 Å². The van der Waals surface area contributed by atoms with Crippen LogP contribution in [0.5, 0.6) is 5.88 Å². The predicted molar refractivity (Wildman–Crippen MR) is 84.7 cm³/mol. The molecule has 0 spiro atoms. The van der Waals surface area contributed by atoms with Gasteiger partial charge in [0.25, 0.3) is 0 Å². The zero-order valence-corrected chi connectivity index (χ0v) is 12.7. The van der Waals surface area contributed by atoms with E-state index in [9.17, 15) is 0 Å². The second-order valence-electron chi connectivity index (χ2n) is 4.81. The molecular weight excluding hydrogens is 280 g/mol. The summed E-state index contributed by atoms with van der Waals surface area (Å²) in [4.78, 5) is 4.28. The van der Waals surface area contributed by atoms with Gasteiger partial charge in [0.15, 0.2) is 5.65 Å². The van der Waals surface area contributed by atoms with E-state index in [1.54, 1.807) is 27.7 Å². The van der Waals surface area contributed by atoms with Gasteiger partial charge in [-0.3, -0.25) is 0 Å². The smallest absolute Gasteiger partial charge is 0.221 e. The molecular formula is C15H18N6O. The maximum atomic E-state index is 5.81. The van der Waals surface area contributed by atoms with Crippen molar-refractivity contribution >= 4 is 11.7 Å². The fourth-order valence-electron chi connectivity index (χ4n) is 2.20. The molecule has 0 aromatic carbocycles. The van der Waals surface area contributed by atoms with Crippen LogP contribution >= 0.6 is 0 Å². The lowest BCUT2D eigenvalue weighted by molar-refractivity contribution is 0.292. The average Bonchev–Trinajstić information content (AvgIpc) is 3.11. The summed E-state index contributed by atoms with van der Waals surface area (Å²) in [5, 5.41) is 11.9. The molecule has 114 valence electrons. The Morgan fingerprint density at radius 2 is 2.23 bits per heavy atom. The summed E-state index contributed by atoms with van der Waals surface area (Å²) in [5.41, 5.74) is 3.25. The number of nitrogens with one attached hydrogen (secondary N) is 1. The van der Waals surface area contributed by atoms with Crippen LogP contribution < -0.4 is 10.1 Å². The molecule has 0 fully saturated rings. The topological polar surface area (TPSA) is 69.3 Å². The summed E-state index contributed by atoms with van der Waals surface area (Å²) in [6.07, 6.45) is 5.23. The number of fused-ring (bicyclic) bond motifs is 1. The first-order chi connectivity index (χ1) is 10.7. The summed E-state index contributed by atoms with van der Waals surface area (Å²) in [6, 6.07) is 3.83. The van der Waals surface area contributed by atoms with Gasteiger partial charge in [-0.1, -0.05) is 6.58 Å². The van der Waals surface area contributed by atoms with Crippen molar-refractivity contribution in [3.63, 3.8) is 0 Å². The molecule has 3 aromatic heterocycles. The molecule has 0 aliphatic carbocycles. The standard InChI is InChI=1S/C15H18N6O/c1-4-11-9-17-14-6-5-13(19-21(11)14)12-10-18-20(3)15(12)22-8-7-16-2/h4-6,9-10,16H,1,7-8H2,2-3H3. The number of likely N-dealkylation sites (N-methyl/N-ethyl adjacent to an activating group) is 1. The monoisotopic (exact) mass is 298 g/mol. The lowest BCUT2D eigenvalue weighted by Crippen LogP contribution is -2.17. The molecule has 0 saturated heterocycles. The van der Waals surface area contributed by atoms with Crippen molar-refractivity contribution in [2.24, 2.45) is 7.05 Å². The highest BCUT2D eigenvalue weighted by atomic mass is 16.5. The highest BCUT2D eigenvalue weighted by Gasteiger charge is 2.14. The van der Waals surface area contributed by atoms with Crippen molar-refractivity contribution < 1.29 is 4.74 Å². The molecule has 0 aliphatic heterocycles. The fourth-order valence-corrected chi connectivity index (χ4v) is 2.20. The lowest BCUT2D eigenvalue weighted by atomic mass is 10.2. The molecule has 0 unspecified atom stereocenters. The maximum Gasteiger partial charge on any atom is 0.221 e. The summed E-state index contributed by atoms with van der Waals surface area (Å²) in [6.45, 7) is 5.11. The van der Waals surface area contributed by atoms with E-state index in [2.05, 4.69) is 27.1 Å². The van der Waals surface area contributed by atoms with Gasteiger partial charge in [-0.25, -0.2) is 14.2 Å². The van der Waals surface area contributed by atoms with E-state index in [0.29, 0.717) is 12.5 Å². The lowest BCUT2D eigenvalue weighted by Gasteiger charge is -2.08. The van der Waals surface area contributed by atoms with Crippen molar-refractivity contribution in [2.45, 2.75) is 0 Å². The van der Waals surface area contributed by atoms with Crippen molar-refractivity contribution in [2.75, 3.05) is 20.2 Å². The molecule has 7 heteroatoms. The number of aryl methyl sites for hydroxylation is 1. The Balaban J connectivity index is 2.01. The fraction of sp³-hybridized carbons (Fsp3) is 0.267. The minimum atomic E-state index is 0.564. The Bertz CT molecular complexity index is 804. The predicted octanol–water partition coefficient (Wildman–Crippen LogP) is 1.37. The molecule has 22 heavy (non-hydrogen) atoms. The van der Waals surface area contributed by atoms with Crippen LogP contribution in [0.2, 0.25) is 0 Å². The summed E-state index contributed by atoms with van der Waals surface area (Å²) in [7, 11) is 3.74. The van der Waals surface area contributed by atoms with E-state index in [1.165, 1.54) is 0 Å². The van der Waals surface area contributed by atoms with Crippen LogP contribution in [-0.4, -0.2) is 44.6 Å². The van der Waals surface area contributed by atoms with Gasteiger partial charge >= 0.3 is 0 Å². The second-order valence-corrected chi connectivity index (χ2v) is 4.81. The zero-order chi connectivity index (χ0) is 15.5. The minimum absolute atomic E-state index is 0.564. The van der Waals surface area contributed by atoms with Gasteiger partial charge in [-0.15, -0.1) is 0 Å². The van der Waals surface area contributed by atoms with Crippen LogP contribution in [0.1, 0.15) is 5.69 Å². The number of nitrogens with zero attached hydrogens (tertiary/aromatic N) is 5. The third-order valence-electron chi connectivity index (χ3n) is 3.35. The third-order valence-corrected chi connectivity index (χ3v) is 3.35. The van der Waals surface area contributed by atoms with Gasteiger partial charge in [-0.05, 0) is 25.3 Å². The Labute approximate surface area is 128 Å². The molecule has 7 nitrogen and oxygen atoms in total. The number of ether oxygens (including phenoxy) is 1. The number of aromatic nitrogens is 5. The van der Waals surface area contributed by atoms with E-state index >= 15 is 0 Å². The molecule has 3 aromatic rings. The largest absolute Gasteiger partial charge is 0.476 e. The van der Waals surface area contributed by atoms with Crippen LogP contribution in [0.25, 0.3) is 23.0 Å². The molecule has 0 atom stereocenters. The average molecular weight is 298 g/mol. The molecule has 1 N–H and O–H groups in total. The van der Waals surface area contributed by atoms with E-state index in [-0.39, 0.29) is 0 Å². The van der Waals surface area contributed by atoms with Gasteiger partial charge in [0.05, 0.1) is 29.3 Å². The Kier molecular flexibility index (Phi) is 3.88. The van der Waals surface area contributed by atoms with Crippen molar-refractivity contribution in [1.29, 1.82) is 0 Å². The van der Waals surface area contributed by atoms with E-state index in [4.69, 9.17) is 4.74 Å². The van der Waals surface area contributed by atoms with Crippen LogP contribution in [0.15, 0.2) is 31.1 Å². The Morgan fingerprint density at radius 3 is 3.00 bits per heavy atom. The van der Waals surface area contributed by atoms with E-state index in [0.717, 1.165) is 29.1 Å². The minimum Gasteiger partial charge on any atom is -0.476 e. The number of hydrogen-bond donors (Lipinski definition) is 1. The Hall–Kier alpha value is -2.67. The highest BCUT2D eigenvalue weighted by molar-refractivity contribution is 5.65. The van der Waals surface area contributed by atoms with Crippen LogP contribution in [0.3, 0.4) is 0 Å². The molecule has 3 rings (SSSR count). The zero-order valence-electron chi connectivity index (χ0n) is 12.7. The van der Waals surface area contributed by atoms with Gasteiger partial charge in [-0.2, -0.15) is 10.2 Å². The van der Waals surface area contributed by atoms with Crippen molar-refractivity contribution in [3.05, 3.63) is 36.8 Å². The first kappa shape index (κ1) is 14.3. The first-order valence-corrected chi connectivity index (χ1v) is 7.01. The van der Waals surface area contributed by atoms with Gasteiger partial charge < -0.3 is 10.1 Å². The molecule has 0 radical (unpaired) electrons. The van der Waals surface area contributed by atoms with Crippen LogP contribution in [0.4, 0.5) is 0 Å².